The van der Waals surface area contributed by atoms with Crippen molar-refractivity contribution in [1.29, 1.82) is 0 Å². The zero-order valence-corrected chi connectivity index (χ0v) is 21.9. The predicted molar refractivity (Wildman–Crippen MR) is 149 cm³/mol. The summed E-state index contributed by atoms with van der Waals surface area (Å²) in [6.45, 7) is 0. The van der Waals surface area contributed by atoms with E-state index < -0.39 is 9.84 Å². The number of nitrogens with one attached hydrogen (secondary N) is 1. The lowest BCUT2D eigenvalue weighted by atomic mass is 10.0. The maximum atomic E-state index is 13.7. The van der Waals surface area contributed by atoms with E-state index in [-0.39, 0.29) is 11.6 Å². The SMILES string of the molecule is CN(c1ccnc(Nc2ccc(CS(C)(=O)=O)cc2)n1)c1ccc2c(nc(N)n2C)c1-c1ccc(F)cc1. The summed E-state index contributed by atoms with van der Waals surface area (Å²) in [5, 5.41) is 3.16. The van der Waals surface area contributed by atoms with Crippen LogP contribution in [0, 0.1) is 5.82 Å². The van der Waals surface area contributed by atoms with E-state index in [0.717, 1.165) is 28.0 Å². The van der Waals surface area contributed by atoms with Gasteiger partial charge in [0.2, 0.25) is 11.9 Å². The van der Waals surface area contributed by atoms with Gasteiger partial charge >= 0.3 is 0 Å². The van der Waals surface area contributed by atoms with Gasteiger partial charge in [-0.2, -0.15) is 4.98 Å². The lowest BCUT2D eigenvalue weighted by Crippen LogP contribution is -2.13. The third-order valence-electron chi connectivity index (χ3n) is 6.18. The summed E-state index contributed by atoms with van der Waals surface area (Å²) in [4.78, 5) is 15.5. The van der Waals surface area contributed by atoms with E-state index in [1.165, 1.54) is 18.4 Å². The molecular weight excluding hydrogens is 505 g/mol. The third kappa shape index (κ3) is 5.14. The summed E-state index contributed by atoms with van der Waals surface area (Å²) >= 11 is 0. The Hall–Kier alpha value is -4.51. The van der Waals surface area contributed by atoms with Gasteiger partial charge < -0.3 is 20.5 Å². The van der Waals surface area contributed by atoms with Crippen LogP contribution >= 0.6 is 0 Å². The molecule has 38 heavy (non-hydrogen) atoms. The molecule has 0 spiro atoms. The summed E-state index contributed by atoms with van der Waals surface area (Å²) in [5.41, 5.74) is 11.5. The first-order chi connectivity index (χ1) is 18.1. The van der Waals surface area contributed by atoms with Crippen LogP contribution in [0.5, 0.6) is 0 Å². The molecular formula is C27H26FN7O2S. The van der Waals surface area contributed by atoms with Crippen molar-refractivity contribution in [3.8, 4) is 11.1 Å². The van der Waals surface area contributed by atoms with Crippen molar-refractivity contribution in [2.75, 3.05) is 29.3 Å². The van der Waals surface area contributed by atoms with Gasteiger partial charge in [-0.25, -0.2) is 22.8 Å². The highest BCUT2D eigenvalue weighted by Gasteiger charge is 2.19. The number of halogens is 1. The largest absolute Gasteiger partial charge is 0.369 e. The molecule has 2 aromatic heterocycles. The molecule has 0 radical (unpaired) electrons. The van der Waals surface area contributed by atoms with Gasteiger partial charge in [-0.15, -0.1) is 0 Å². The smallest absolute Gasteiger partial charge is 0.229 e. The quantitative estimate of drug-likeness (QED) is 0.307. The van der Waals surface area contributed by atoms with E-state index in [1.807, 2.05) is 31.1 Å². The number of nitrogens with two attached hydrogens (primary N) is 1. The number of benzene rings is 3. The summed E-state index contributed by atoms with van der Waals surface area (Å²) < 4.78 is 38.6. The first-order valence-electron chi connectivity index (χ1n) is 11.7. The Kier molecular flexibility index (Phi) is 6.45. The Morgan fingerprint density at radius 2 is 1.71 bits per heavy atom. The zero-order chi connectivity index (χ0) is 27.0. The van der Waals surface area contributed by atoms with Crippen LogP contribution in [0.25, 0.3) is 22.2 Å². The number of hydrogen-bond donors (Lipinski definition) is 2. The number of imidazole rings is 1. The van der Waals surface area contributed by atoms with Crippen LogP contribution in [0.1, 0.15) is 5.56 Å². The lowest BCUT2D eigenvalue weighted by Gasteiger charge is -2.22. The molecule has 0 aliphatic rings. The summed E-state index contributed by atoms with van der Waals surface area (Å²) in [6, 6.07) is 19.0. The minimum Gasteiger partial charge on any atom is -0.369 e. The molecule has 0 atom stereocenters. The first kappa shape index (κ1) is 25.2. The summed E-state index contributed by atoms with van der Waals surface area (Å²) in [5.74, 6) is 1.01. The molecule has 5 rings (SSSR count). The van der Waals surface area contributed by atoms with Crippen molar-refractivity contribution in [2.24, 2.45) is 7.05 Å². The van der Waals surface area contributed by atoms with Crippen LogP contribution in [0.4, 0.5) is 33.5 Å². The molecule has 0 unspecified atom stereocenters. The third-order valence-corrected chi connectivity index (χ3v) is 7.04. The molecule has 9 nitrogen and oxygen atoms in total. The highest BCUT2D eigenvalue weighted by Crippen LogP contribution is 2.39. The molecule has 0 amide bonds. The van der Waals surface area contributed by atoms with Crippen molar-refractivity contribution < 1.29 is 12.8 Å². The minimum absolute atomic E-state index is 0.0211. The van der Waals surface area contributed by atoms with Crippen molar-refractivity contribution in [3.05, 3.63) is 84.3 Å². The van der Waals surface area contributed by atoms with Crippen molar-refractivity contribution in [2.45, 2.75) is 5.75 Å². The number of aromatic nitrogens is 4. The van der Waals surface area contributed by atoms with E-state index in [1.54, 1.807) is 53.2 Å². The molecule has 3 aromatic carbocycles. The summed E-state index contributed by atoms with van der Waals surface area (Å²) in [6.07, 6.45) is 2.85. The highest BCUT2D eigenvalue weighted by atomic mass is 32.2. The van der Waals surface area contributed by atoms with E-state index in [2.05, 4.69) is 20.3 Å². The van der Waals surface area contributed by atoms with E-state index in [9.17, 15) is 12.8 Å². The fraction of sp³-hybridized carbons (Fsp3) is 0.148. The number of nitrogen functional groups attached to an aromatic ring is 1. The number of rotatable bonds is 7. The van der Waals surface area contributed by atoms with Crippen molar-refractivity contribution >= 4 is 50.0 Å². The molecule has 0 saturated heterocycles. The van der Waals surface area contributed by atoms with Crippen molar-refractivity contribution in [3.63, 3.8) is 0 Å². The van der Waals surface area contributed by atoms with Gasteiger partial charge in [-0.05, 0) is 53.6 Å². The van der Waals surface area contributed by atoms with E-state index in [4.69, 9.17) is 5.73 Å². The minimum atomic E-state index is -3.11. The van der Waals surface area contributed by atoms with E-state index >= 15 is 0 Å². The first-order valence-corrected chi connectivity index (χ1v) is 13.8. The van der Waals surface area contributed by atoms with Crippen LogP contribution in [-0.2, 0) is 22.6 Å². The van der Waals surface area contributed by atoms with Gasteiger partial charge in [-0.3, -0.25) is 0 Å². The van der Waals surface area contributed by atoms with Gasteiger partial charge in [0.1, 0.15) is 17.2 Å². The molecule has 0 aliphatic carbocycles. The molecule has 0 aliphatic heterocycles. The fourth-order valence-corrected chi connectivity index (χ4v) is 5.08. The number of nitrogens with zero attached hydrogens (tertiary/aromatic N) is 5. The Morgan fingerprint density at radius 3 is 2.39 bits per heavy atom. The molecule has 2 heterocycles. The van der Waals surface area contributed by atoms with Gasteiger partial charge in [0.05, 0.1) is 17.0 Å². The molecule has 194 valence electrons. The van der Waals surface area contributed by atoms with E-state index in [0.29, 0.717) is 28.8 Å². The molecule has 0 saturated carbocycles. The topological polar surface area (TPSA) is 119 Å². The Labute approximate surface area is 219 Å². The van der Waals surface area contributed by atoms with Gasteiger partial charge in [0.25, 0.3) is 0 Å². The average molecular weight is 532 g/mol. The molecule has 3 N–H and O–H groups in total. The molecule has 0 fully saturated rings. The fourth-order valence-electron chi connectivity index (χ4n) is 4.28. The number of anilines is 5. The van der Waals surface area contributed by atoms with Gasteiger partial charge in [-0.1, -0.05) is 24.3 Å². The van der Waals surface area contributed by atoms with Crippen LogP contribution in [0.15, 0.2) is 72.9 Å². The van der Waals surface area contributed by atoms with Crippen LogP contribution in [0.2, 0.25) is 0 Å². The number of fused-ring (bicyclic) bond motifs is 1. The Balaban J connectivity index is 1.50. The number of sulfone groups is 1. The maximum Gasteiger partial charge on any atom is 0.229 e. The predicted octanol–water partition coefficient (Wildman–Crippen LogP) is 4.81. The average Bonchev–Trinajstić information content (AvgIpc) is 3.17. The van der Waals surface area contributed by atoms with Crippen LogP contribution in [-0.4, -0.2) is 41.2 Å². The molecule has 5 aromatic rings. The second-order valence-electron chi connectivity index (χ2n) is 9.05. The van der Waals surface area contributed by atoms with Crippen LogP contribution in [0.3, 0.4) is 0 Å². The highest BCUT2D eigenvalue weighted by molar-refractivity contribution is 7.89. The maximum absolute atomic E-state index is 13.7. The Bertz CT molecular complexity index is 1730. The molecule has 11 heteroatoms. The monoisotopic (exact) mass is 531 g/mol. The summed E-state index contributed by atoms with van der Waals surface area (Å²) in [7, 11) is 0.614. The normalized spacial score (nSPS) is 11.6. The Morgan fingerprint density at radius 1 is 1.00 bits per heavy atom. The van der Waals surface area contributed by atoms with Gasteiger partial charge in [0.15, 0.2) is 9.84 Å². The standard InChI is InChI=1S/C27H26FN7O2S/c1-34(23-14-15-30-27(32-23)31-20-10-4-17(5-11-20)16-38(3,36)37)21-12-13-22-25(33-26(29)35(22)2)24(21)18-6-8-19(28)9-7-18/h4-15H,16H2,1-3H3,(H2,29,33)(H,30,31,32). The number of hydrogen-bond acceptors (Lipinski definition) is 8. The van der Waals surface area contributed by atoms with Gasteiger partial charge in [0, 0.05) is 37.8 Å². The molecule has 0 bridgehead atoms. The lowest BCUT2D eigenvalue weighted by molar-refractivity contribution is 0.601. The number of aryl methyl sites for hydroxylation is 1. The zero-order valence-electron chi connectivity index (χ0n) is 21.1. The second kappa shape index (κ2) is 9.75. The van der Waals surface area contributed by atoms with Crippen LogP contribution < -0.4 is 16.0 Å². The van der Waals surface area contributed by atoms with Crippen molar-refractivity contribution in [1.82, 2.24) is 19.5 Å². The second-order valence-corrected chi connectivity index (χ2v) is 11.2.